The number of hydrogen-bond donors (Lipinski definition) is 1. The van der Waals surface area contributed by atoms with Crippen LogP contribution in [0.5, 0.6) is 0 Å². The number of sulfonamides is 1. The molecule has 4 nitrogen and oxygen atoms in total. The fourth-order valence-electron chi connectivity index (χ4n) is 1.69. The molecule has 7 heteroatoms. The summed E-state index contributed by atoms with van der Waals surface area (Å²) in [6, 6.07) is 2.91. The van der Waals surface area contributed by atoms with E-state index in [2.05, 4.69) is 0 Å². The Morgan fingerprint density at radius 3 is 2.29 bits per heavy atom. The van der Waals surface area contributed by atoms with Crippen LogP contribution in [0.1, 0.15) is 0 Å². The molecule has 94 valence electrons. The lowest BCUT2D eigenvalue weighted by Crippen LogP contribution is -2.51. The average molecular weight is 263 g/mol. The normalized spacial score (nSPS) is 18.1. The highest BCUT2D eigenvalue weighted by Gasteiger charge is 2.39. The highest BCUT2D eigenvalue weighted by Crippen LogP contribution is 2.28. The summed E-state index contributed by atoms with van der Waals surface area (Å²) in [5.41, 5.74) is 0. The van der Waals surface area contributed by atoms with Crippen molar-refractivity contribution in [3.8, 4) is 0 Å². The van der Waals surface area contributed by atoms with Crippen LogP contribution in [0.3, 0.4) is 0 Å². The Labute approximate surface area is 97.5 Å². The molecule has 2 rings (SSSR count). The van der Waals surface area contributed by atoms with Gasteiger partial charge in [0.25, 0.3) is 0 Å². The van der Waals surface area contributed by atoms with Gasteiger partial charge in [-0.3, -0.25) is 0 Å². The number of hydrogen-bond acceptors (Lipinski definition) is 3. The number of halogens is 2. The first kappa shape index (κ1) is 12.4. The van der Waals surface area contributed by atoms with Gasteiger partial charge in [-0.15, -0.1) is 0 Å². The quantitative estimate of drug-likeness (QED) is 0.867. The van der Waals surface area contributed by atoms with Gasteiger partial charge < -0.3 is 5.11 Å². The van der Waals surface area contributed by atoms with E-state index in [0.29, 0.717) is 0 Å². The minimum absolute atomic E-state index is 0.0899. The van der Waals surface area contributed by atoms with Crippen LogP contribution >= 0.6 is 0 Å². The van der Waals surface area contributed by atoms with Crippen molar-refractivity contribution in [3.63, 3.8) is 0 Å². The molecule has 1 heterocycles. The molecule has 1 N–H and O–H groups in total. The van der Waals surface area contributed by atoms with Gasteiger partial charge in [0.1, 0.15) is 11.6 Å². The number of benzene rings is 1. The maximum absolute atomic E-state index is 13.4. The molecule has 1 aromatic carbocycles. The van der Waals surface area contributed by atoms with Crippen LogP contribution in [0.25, 0.3) is 0 Å². The average Bonchev–Trinajstić information content (AvgIpc) is 2.14. The van der Waals surface area contributed by atoms with Gasteiger partial charge in [-0.1, -0.05) is 6.07 Å². The van der Waals surface area contributed by atoms with Crippen LogP contribution in [-0.2, 0) is 10.0 Å². The van der Waals surface area contributed by atoms with E-state index < -0.39 is 26.6 Å². The van der Waals surface area contributed by atoms with Crippen molar-refractivity contribution in [2.45, 2.75) is 4.90 Å². The Morgan fingerprint density at radius 2 is 1.82 bits per heavy atom. The lowest BCUT2D eigenvalue weighted by molar-refractivity contribution is 0.117. The predicted molar refractivity (Wildman–Crippen MR) is 55.7 cm³/mol. The number of nitrogens with zero attached hydrogens (tertiary/aromatic N) is 1. The summed E-state index contributed by atoms with van der Waals surface area (Å²) in [7, 11) is -4.13. The summed E-state index contributed by atoms with van der Waals surface area (Å²) in [4.78, 5) is -0.920. The molecule has 0 atom stereocenters. The molecule has 1 aliphatic rings. The molecule has 1 fully saturated rings. The van der Waals surface area contributed by atoms with Gasteiger partial charge in [0, 0.05) is 25.6 Å². The van der Waals surface area contributed by atoms with Crippen LogP contribution in [0.2, 0.25) is 0 Å². The van der Waals surface area contributed by atoms with Gasteiger partial charge in [-0.2, -0.15) is 4.31 Å². The van der Waals surface area contributed by atoms with E-state index in [0.717, 1.165) is 22.5 Å². The standard InChI is InChI=1S/C10H11F2NO3S/c11-8-2-1-3-9(12)10(8)17(15,16)13-4-7(5-13)6-14/h1-3,7,14H,4-6H2. The molecular formula is C10H11F2NO3S. The first-order chi connectivity index (χ1) is 7.96. The summed E-state index contributed by atoms with van der Waals surface area (Å²) in [5, 5.41) is 8.78. The first-order valence-corrected chi connectivity index (χ1v) is 6.46. The topological polar surface area (TPSA) is 57.6 Å². The Balaban J connectivity index is 2.34. The van der Waals surface area contributed by atoms with Gasteiger partial charge in [0.2, 0.25) is 10.0 Å². The summed E-state index contributed by atoms with van der Waals surface area (Å²) < 4.78 is 51.4. The second-order valence-electron chi connectivity index (χ2n) is 3.92. The van der Waals surface area contributed by atoms with E-state index in [1.807, 2.05) is 0 Å². The maximum Gasteiger partial charge on any atom is 0.248 e. The van der Waals surface area contributed by atoms with Crippen molar-refractivity contribution in [3.05, 3.63) is 29.8 Å². The fourth-order valence-corrected chi connectivity index (χ4v) is 3.39. The van der Waals surface area contributed by atoms with E-state index in [1.165, 1.54) is 0 Å². The maximum atomic E-state index is 13.4. The van der Waals surface area contributed by atoms with E-state index in [1.54, 1.807) is 0 Å². The molecule has 0 aromatic heterocycles. The second-order valence-corrected chi connectivity index (χ2v) is 5.80. The number of aliphatic hydroxyl groups excluding tert-OH is 1. The van der Waals surface area contributed by atoms with Gasteiger partial charge in [0.15, 0.2) is 4.90 Å². The zero-order valence-corrected chi connectivity index (χ0v) is 9.62. The van der Waals surface area contributed by atoms with Gasteiger partial charge in [0.05, 0.1) is 0 Å². The zero-order chi connectivity index (χ0) is 12.6. The molecular weight excluding hydrogens is 252 g/mol. The van der Waals surface area contributed by atoms with Crippen molar-refractivity contribution >= 4 is 10.0 Å². The summed E-state index contributed by atoms with van der Waals surface area (Å²) in [6.45, 7) is 0.0466. The predicted octanol–water partition coefficient (Wildman–Crippen LogP) is 0.578. The molecule has 17 heavy (non-hydrogen) atoms. The van der Waals surface area contributed by atoms with Crippen LogP contribution < -0.4 is 0 Å². The van der Waals surface area contributed by atoms with Crippen molar-refractivity contribution in [1.29, 1.82) is 0 Å². The van der Waals surface area contributed by atoms with Gasteiger partial charge in [-0.05, 0) is 12.1 Å². The lowest BCUT2D eigenvalue weighted by atomic mass is 10.1. The first-order valence-electron chi connectivity index (χ1n) is 5.02. The second kappa shape index (κ2) is 4.32. The highest BCUT2D eigenvalue weighted by molar-refractivity contribution is 7.89. The van der Waals surface area contributed by atoms with E-state index in [-0.39, 0.29) is 25.6 Å². The SMILES string of the molecule is O=S(=O)(c1c(F)cccc1F)N1CC(CO)C1. The Hall–Kier alpha value is -1.05. The summed E-state index contributed by atoms with van der Waals surface area (Å²) in [6.07, 6.45) is 0. The fraction of sp³-hybridized carbons (Fsp3) is 0.400. The monoisotopic (exact) mass is 263 g/mol. The molecule has 0 radical (unpaired) electrons. The number of rotatable bonds is 3. The molecule has 0 amide bonds. The van der Waals surface area contributed by atoms with Crippen molar-refractivity contribution in [1.82, 2.24) is 4.31 Å². The van der Waals surface area contributed by atoms with Crippen molar-refractivity contribution in [2.75, 3.05) is 19.7 Å². The van der Waals surface area contributed by atoms with E-state index in [9.17, 15) is 17.2 Å². The van der Waals surface area contributed by atoms with E-state index in [4.69, 9.17) is 5.11 Å². The third-order valence-corrected chi connectivity index (χ3v) is 4.58. The molecule has 1 saturated heterocycles. The lowest BCUT2D eigenvalue weighted by Gasteiger charge is -2.36. The van der Waals surface area contributed by atoms with Crippen molar-refractivity contribution < 1.29 is 22.3 Å². The van der Waals surface area contributed by atoms with Crippen LogP contribution in [-0.4, -0.2) is 37.5 Å². The van der Waals surface area contributed by atoms with Crippen LogP contribution in [0, 0.1) is 17.6 Å². The minimum atomic E-state index is -4.13. The van der Waals surface area contributed by atoms with Crippen LogP contribution in [0.4, 0.5) is 8.78 Å². The minimum Gasteiger partial charge on any atom is -0.396 e. The molecule has 1 aliphatic heterocycles. The third kappa shape index (κ3) is 2.05. The zero-order valence-electron chi connectivity index (χ0n) is 8.81. The molecule has 0 spiro atoms. The smallest absolute Gasteiger partial charge is 0.248 e. The highest BCUT2D eigenvalue weighted by atomic mass is 32.2. The Morgan fingerprint density at radius 1 is 1.29 bits per heavy atom. The largest absolute Gasteiger partial charge is 0.396 e. The Kier molecular flexibility index (Phi) is 3.15. The summed E-state index contributed by atoms with van der Waals surface area (Å²) >= 11 is 0. The third-order valence-electron chi connectivity index (χ3n) is 2.70. The molecule has 0 unspecified atom stereocenters. The molecule has 0 aliphatic carbocycles. The molecule has 0 saturated carbocycles. The number of aliphatic hydroxyl groups is 1. The summed E-state index contributed by atoms with van der Waals surface area (Å²) in [5.74, 6) is -2.35. The van der Waals surface area contributed by atoms with Gasteiger partial charge >= 0.3 is 0 Å². The van der Waals surface area contributed by atoms with Crippen LogP contribution in [0.15, 0.2) is 23.1 Å². The van der Waals surface area contributed by atoms with E-state index >= 15 is 0 Å². The van der Waals surface area contributed by atoms with Crippen molar-refractivity contribution in [2.24, 2.45) is 5.92 Å². The molecule has 1 aromatic rings. The molecule has 0 bridgehead atoms. The van der Waals surface area contributed by atoms with Gasteiger partial charge in [-0.25, -0.2) is 17.2 Å². The Bertz CT molecular complexity index is 506.